The second-order valence-electron chi connectivity index (χ2n) is 11.9. The van der Waals surface area contributed by atoms with Gasteiger partial charge in [-0.15, -0.1) is 0 Å². The van der Waals surface area contributed by atoms with E-state index >= 15 is 0 Å². The number of ether oxygens (including phenoxy) is 1. The molecular formula is C29H32ClFN4O4. The number of benzene rings is 2. The van der Waals surface area contributed by atoms with Gasteiger partial charge in [0.15, 0.2) is 0 Å². The maximum atomic E-state index is 13.9. The molecule has 39 heavy (non-hydrogen) atoms. The minimum atomic E-state index is -1.12. The Kier molecular flexibility index (Phi) is 7.39. The summed E-state index contributed by atoms with van der Waals surface area (Å²) in [5, 5.41) is 16.0. The summed E-state index contributed by atoms with van der Waals surface area (Å²) in [6.07, 6.45) is -0.461. The van der Waals surface area contributed by atoms with Crippen LogP contribution in [0, 0.1) is 22.6 Å². The van der Waals surface area contributed by atoms with Crippen molar-refractivity contribution < 1.29 is 23.5 Å². The molecule has 1 fully saturated rings. The maximum Gasteiger partial charge on any atom is 0.408 e. The number of amides is 3. The highest BCUT2D eigenvalue weighted by molar-refractivity contribution is 6.31. The number of nitrogens with one attached hydrogen (secondary N) is 2. The van der Waals surface area contributed by atoms with Crippen LogP contribution < -0.4 is 10.6 Å². The Bertz CT molecular complexity index is 1350. The predicted octanol–water partition coefficient (Wildman–Crippen LogP) is 5.26. The first-order valence-corrected chi connectivity index (χ1v) is 13.1. The molecule has 1 spiro atoms. The monoisotopic (exact) mass is 554 g/mol. The van der Waals surface area contributed by atoms with Crippen LogP contribution in [0.25, 0.3) is 0 Å². The highest BCUT2D eigenvalue weighted by Gasteiger charge is 2.56. The van der Waals surface area contributed by atoms with Crippen LogP contribution in [-0.4, -0.2) is 41.4 Å². The molecule has 206 valence electrons. The quantitative estimate of drug-likeness (QED) is 0.523. The van der Waals surface area contributed by atoms with E-state index in [-0.39, 0.29) is 30.7 Å². The lowest BCUT2D eigenvalue weighted by Crippen LogP contribution is -2.52. The van der Waals surface area contributed by atoms with Crippen molar-refractivity contribution >= 4 is 35.2 Å². The topological polar surface area (TPSA) is 112 Å². The average molecular weight is 555 g/mol. The number of halogens is 2. The third-order valence-corrected chi connectivity index (χ3v) is 7.50. The van der Waals surface area contributed by atoms with E-state index < -0.39 is 40.9 Å². The summed E-state index contributed by atoms with van der Waals surface area (Å²) >= 11 is 6.22. The van der Waals surface area contributed by atoms with Crippen LogP contribution in [0.2, 0.25) is 5.02 Å². The number of carbonyl (C=O) groups is 3. The number of fused-ring (bicyclic) bond motifs is 2. The third kappa shape index (κ3) is 5.71. The lowest BCUT2D eigenvalue weighted by Gasteiger charge is -2.32. The van der Waals surface area contributed by atoms with Gasteiger partial charge in [-0.1, -0.05) is 44.5 Å². The number of anilines is 1. The molecule has 4 rings (SSSR count). The Balaban J connectivity index is 1.58. The fourth-order valence-electron chi connectivity index (χ4n) is 5.32. The second kappa shape index (κ2) is 10.2. The van der Waals surface area contributed by atoms with E-state index in [1.165, 1.54) is 29.2 Å². The SMILES string of the molecule is CC(C)(C)C[C@H](NC(=O)OC(C)(C)c1ccc(F)cc1)C(=O)N1C[C@]2(C[C@H]1C#N)C(=O)Nc1ccc(Cl)cc12. The van der Waals surface area contributed by atoms with Crippen molar-refractivity contribution in [3.8, 4) is 6.07 Å². The van der Waals surface area contributed by atoms with Crippen LogP contribution in [0.5, 0.6) is 0 Å². The molecule has 2 N–H and O–H groups in total. The summed E-state index contributed by atoms with van der Waals surface area (Å²) < 4.78 is 19.0. The van der Waals surface area contributed by atoms with Crippen LogP contribution in [0.4, 0.5) is 14.9 Å². The summed E-state index contributed by atoms with van der Waals surface area (Å²) in [6, 6.07) is 10.9. The lowest BCUT2D eigenvalue weighted by molar-refractivity contribution is -0.134. The predicted molar refractivity (Wildman–Crippen MR) is 144 cm³/mol. The van der Waals surface area contributed by atoms with Gasteiger partial charge in [-0.2, -0.15) is 5.26 Å². The summed E-state index contributed by atoms with van der Waals surface area (Å²) in [4.78, 5) is 41.5. The molecular weight excluding hydrogens is 523 g/mol. The van der Waals surface area contributed by atoms with Crippen molar-refractivity contribution in [1.82, 2.24) is 10.2 Å². The third-order valence-electron chi connectivity index (χ3n) is 7.26. The molecule has 0 aliphatic carbocycles. The molecule has 0 saturated carbocycles. The molecule has 2 aromatic rings. The smallest absolute Gasteiger partial charge is 0.408 e. The molecule has 0 radical (unpaired) electrons. The minimum Gasteiger partial charge on any atom is -0.439 e. The molecule has 8 nitrogen and oxygen atoms in total. The number of likely N-dealkylation sites (tertiary alicyclic amines) is 1. The normalized spacial score (nSPS) is 21.2. The Labute approximate surface area is 232 Å². The maximum absolute atomic E-state index is 13.9. The van der Waals surface area contributed by atoms with Crippen molar-refractivity contribution in [2.75, 3.05) is 11.9 Å². The van der Waals surface area contributed by atoms with Crippen molar-refractivity contribution in [2.45, 2.75) is 70.6 Å². The van der Waals surface area contributed by atoms with Gasteiger partial charge in [0.2, 0.25) is 11.8 Å². The van der Waals surface area contributed by atoms with Crippen molar-refractivity contribution in [3.63, 3.8) is 0 Å². The fourth-order valence-corrected chi connectivity index (χ4v) is 5.50. The first-order valence-electron chi connectivity index (χ1n) is 12.7. The molecule has 0 unspecified atom stereocenters. The number of alkyl carbamates (subject to hydrolysis) is 1. The molecule has 2 aromatic carbocycles. The number of nitriles is 1. The van der Waals surface area contributed by atoms with Crippen molar-refractivity contribution in [2.24, 2.45) is 5.41 Å². The van der Waals surface area contributed by atoms with Crippen LogP contribution in [0.1, 0.15) is 58.6 Å². The molecule has 10 heteroatoms. The van der Waals surface area contributed by atoms with Gasteiger partial charge in [0.25, 0.3) is 0 Å². The standard InChI is InChI=1S/C29H32ClFN4O4/c1-27(2,3)14-23(34-26(38)39-28(4,5)17-6-9-19(31)10-7-17)24(36)35-16-29(13-20(35)15-32)21-12-18(30)8-11-22(21)33-25(29)37/h6-12,20,23H,13-14,16H2,1-5H3,(H,33,37)(H,34,38)/t20-,23-,29-/m0/s1. The van der Waals surface area contributed by atoms with E-state index in [1.807, 2.05) is 20.8 Å². The molecule has 2 aliphatic heterocycles. The lowest BCUT2D eigenvalue weighted by atomic mass is 9.80. The zero-order valence-corrected chi connectivity index (χ0v) is 23.4. The molecule has 3 amide bonds. The van der Waals surface area contributed by atoms with E-state index in [0.717, 1.165) is 0 Å². The van der Waals surface area contributed by atoms with E-state index in [4.69, 9.17) is 16.3 Å². The zero-order valence-electron chi connectivity index (χ0n) is 22.6. The molecule has 1 saturated heterocycles. The average Bonchev–Trinajstić information content (AvgIpc) is 3.35. The molecule has 2 aliphatic rings. The summed E-state index contributed by atoms with van der Waals surface area (Å²) in [5.41, 5.74) is -0.765. The van der Waals surface area contributed by atoms with Crippen molar-refractivity contribution in [3.05, 3.63) is 64.4 Å². The highest BCUT2D eigenvalue weighted by atomic mass is 35.5. The summed E-state index contributed by atoms with van der Waals surface area (Å²) in [5.74, 6) is -1.18. The van der Waals surface area contributed by atoms with Crippen LogP contribution in [-0.2, 0) is 25.3 Å². The van der Waals surface area contributed by atoms with E-state index in [2.05, 4.69) is 16.7 Å². The number of nitrogens with zero attached hydrogens (tertiary/aromatic N) is 2. The summed E-state index contributed by atoms with van der Waals surface area (Å²) in [7, 11) is 0. The van der Waals surface area contributed by atoms with Crippen LogP contribution >= 0.6 is 11.6 Å². The van der Waals surface area contributed by atoms with E-state index in [9.17, 15) is 24.0 Å². The van der Waals surface area contributed by atoms with Gasteiger partial charge >= 0.3 is 6.09 Å². The first-order chi connectivity index (χ1) is 18.1. The number of hydrogen-bond donors (Lipinski definition) is 2. The Morgan fingerprint density at radius 3 is 2.51 bits per heavy atom. The van der Waals surface area contributed by atoms with Gasteiger partial charge in [0.1, 0.15) is 23.5 Å². The molecule has 2 heterocycles. The highest BCUT2D eigenvalue weighted by Crippen LogP contribution is 2.47. The molecule has 0 bridgehead atoms. The number of rotatable bonds is 5. The fraction of sp³-hybridized carbons (Fsp3) is 0.448. The minimum absolute atomic E-state index is 0.0261. The van der Waals surface area contributed by atoms with Gasteiger partial charge in [0, 0.05) is 23.7 Å². The second-order valence-corrected chi connectivity index (χ2v) is 12.3. The van der Waals surface area contributed by atoms with E-state index in [1.54, 1.807) is 32.0 Å². The molecule has 3 atom stereocenters. The Hall–Kier alpha value is -3.64. The van der Waals surface area contributed by atoms with Gasteiger partial charge < -0.3 is 20.3 Å². The zero-order chi connectivity index (χ0) is 28.8. The van der Waals surface area contributed by atoms with Crippen LogP contribution in [0.15, 0.2) is 42.5 Å². The van der Waals surface area contributed by atoms with E-state index in [0.29, 0.717) is 21.8 Å². The number of hydrogen-bond acceptors (Lipinski definition) is 5. The Morgan fingerprint density at radius 2 is 1.90 bits per heavy atom. The first kappa shape index (κ1) is 28.4. The summed E-state index contributed by atoms with van der Waals surface area (Å²) in [6.45, 7) is 9.09. The number of carbonyl (C=O) groups excluding carboxylic acids is 3. The van der Waals surface area contributed by atoms with Crippen molar-refractivity contribution in [1.29, 1.82) is 5.26 Å². The van der Waals surface area contributed by atoms with Gasteiger partial charge in [-0.3, -0.25) is 9.59 Å². The van der Waals surface area contributed by atoms with Crippen LogP contribution in [0.3, 0.4) is 0 Å². The van der Waals surface area contributed by atoms with Gasteiger partial charge in [0.05, 0.1) is 11.5 Å². The van der Waals surface area contributed by atoms with Gasteiger partial charge in [-0.25, -0.2) is 9.18 Å². The molecule has 0 aromatic heterocycles. The largest absolute Gasteiger partial charge is 0.439 e. The van der Waals surface area contributed by atoms with Gasteiger partial charge in [-0.05, 0) is 67.1 Å². The Morgan fingerprint density at radius 1 is 1.23 bits per heavy atom.